The standard InChI is InChI=1S/C14H17NO4/c1-18-14(17)11-8-2-3-9(6-8)12(11)15-13(16)10-4-5-19-7-10/h4-5,7-9,11-12H,2-3,6H2,1H3,(H,15,16). The predicted octanol–water partition coefficient (Wildman–Crippen LogP) is 1.60. The first-order valence-corrected chi connectivity index (χ1v) is 6.61. The van der Waals surface area contributed by atoms with E-state index < -0.39 is 0 Å². The Morgan fingerprint density at radius 1 is 1.37 bits per heavy atom. The Morgan fingerprint density at radius 2 is 2.16 bits per heavy atom. The van der Waals surface area contributed by atoms with E-state index in [9.17, 15) is 9.59 Å². The molecule has 1 aromatic heterocycles. The summed E-state index contributed by atoms with van der Waals surface area (Å²) < 4.78 is 9.79. The van der Waals surface area contributed by atoms with Gasteiger partial charge in [-0.3, -0.25) is 9.59 Å². The van der Waals surface area contributed by atoms with Crippen molar-refractivity contribution in [3.8, 4) is 0 Å². The van der Waals surface area contributed by atoms with Crippen LogP contribution in [0, 0.1) is 17.8 Å². The molecule has 19 heavy (non-hydrogen) atoms. The van der Waals surface area contributed by atoms with E-state index in [1.54, 1.807) is 6.07 Å². The Hall–Kier alpha value is -1.78. The number of fused-ring (bicyclic) bond motifs is 2. The van der Waals surface area contributed by atoms with E-state index in [2.05, 4.69) is 5.32 Å². The second kappa shape index (κ2) is 4.72. The molecule has 0 saturated heterocycles. The van der Waals surface area contributed by atoms with Crippen molar-refractivity contribution in [1.29, 1.82) is 0 Å². The Labute approximate surface area is 111 Å². The third-order valence-corrected chi connectivity index (χ3v) is 4.47. The lowest BCUT2D eigenvalue weighted by atomic mass is 9.84. The fourth-order valence-corrected chi connectivity index (χ4v) is 3.60. The van der Waals surface area contributed by atoms with Gasteiger partial charge in [0.25, 0.3) is 5.91 Å². The van der Waals surface area contributed by atoms with Gasteiger partial charge >= 0.3 is 5.97 Å². The normalized spacial score (nSPS) is 32.3. The van der Waals surface area contributed by atoms with Crippen molar-refractivity contribution in [3.05, 3.63) is 24.2 Å². The van der Waals surface area contributed by atoms with Crippen LogP contribution in [-0.2, 0) is 9.53 Å². The largest absolute Gasteiger partial charge is 0.472 e. The minimum atomic E-state index is -0.204. The van der Waals surface area contributed by atoms with Crippen LogP contribution >= 0.6 is 0 Å². The first-order valence-electron chi connectivity index (χ1n) is 6.61. The molecule has 1 N–H and O–H groups in total. The van der Waals surface area contributed by atoms with Gasteiger partial charge in [-0.25, -0.2) is 0 Å². The SMILES string of the molecule is COC(=O)C1C2CCC(C2)C1NC(=O)c1ccoc1. The quantitative estimate of drug-likeness (QED) is 0.841. The molecule has 0 aromatic carbocycles. The summed E-state index contributed by atoms with van der Waals surface area (Å²) in [7, 11) is 1.41. The summed E-state index contributed by atoms with van der Waals surface area (Å²) in [6.45, 7) is 0. The van der Waals surface area contributed by atoms with Crippen molar-refractivity contribution in [2.75, 3.05) is 7.11 Å². The molecule has 2 aliphatic carbocycles. The highest BCUT2D eigenvalue weighted by molar-refractivity contribution is 5.94. The Balaban J connectivity index is 1.75. The third kappa shape index (κ3) is 2.03. The van der Waals surface area contributed by atoms with Gasteiger partial charge < -0.3 is 14.5 Å². The van der Waals surface area contributed by atoms with Gasteiger partial charge in [-0.15, -0.1) is 0 Å². The van der Waals surface area contributed by atoms with Crippen LogP contribution in [0.4, 0.5) is 0 Å². The topological polar surface area (TPSA) is 68.5 Å². The van der Waals surface area contributed by atoms with Crippen LogP contribution in [0.25, 0.3) is 0 Å². The molecular weight excluding hydrogens is 246 g/mol. The second-order valence-electron chi connectivity index (χ2n) is 5.39. The number of esters is 1. The third-order valence-electron chi connectivity index (χ3n) is 4.47. The van der Waals surface area contributed by atoms with Crippen molar-refractivity contribution in [2.24, 2.45) is 17.8 Å². The smallest absolute Gasteiger partial charge is 0.311 e. The summed E-state index contributed by atoms with van der Waals surface area (Å²) >= 11 is 0. The highest BCUT2D eigenvalue weighted by Crippen LogP contribution is 2.48. The van der Waals surface area contributed by atoms with Crippen LogP contribution in [-0.4, -0.2) is 25.0 Å². The first-order chi connectivity index (χ1) is 9.20. The average molecular weight is 263 g/mol. The van der Waals surface area contributed by atoms with Crippen molar-refractivity contribution in [2.45, 2.75) is 25.3 Å². The number of methoxy groups -OCH3 is 1. The molecule has 1 aromatic rings. The molecule has 2 saturated carbocycles. The van der Waals surface area contributed by atoms with Crippen LogP contribution in [0.15, 0.2) is 23.0 Å². The second-order valence-corrected chi connectivity index (χ2v) is 5.39. The van der Waals surface area contributed by atoms with E-state index >= 15 is 0 Å². The van der Waals surface area contributed by atoms with E-state index in [4.69, 9.17) is 9.15 Å². The van der Waals surface area contributed by atoms with Gasteiger partial charge in [0, 0.05) is 6.04 Å². The highest BCUT2D eigenvalue weighted by atomic mass is 16.5. The maximum absolute atomic E-state index is 12.1. The number of hydrogen-bond donors (Lipinski definition) is 1. The molecule has 2 aliphatic rings. The van der Waals surface area contributed by atoms with E-state index in [1.807, 2.05) is 0 Å². The number of amides is 1. The number of furan rings is 1. The van der Waals surface area contributed by atoms with Crippen LogP contribution in [0.3, 0.4) is 0 Å². The minimum Gasteiger partial charge on any atom is -0.472 e. The fraction of sp³-hybridized carbons (Fsp3) is 0.571. The summed E-state index contributed by atoms with van der Waals surface area (Å²) in [6.07, 6.45) is 6.02. The Morgan fingerprint density at radius 3 is 2.84 bits per heavy atom. The molecule has 0 radical (unpaired) electrons. The molecule has 102 valence electrons. The van der Waals surface area contributed by atoms with Crippen molar-refractivity contribution < 1.29 is 18.7 Å². The molecule has 0 spiro atoms. The monoisotopic (exact) mass is 263 g/mol. The zero-order valence-corrected chi connectivity index (χ0v) is 10.8. The summed E-state index contributed by atoms with van der Waals surface area (Å²) in [6, 6.07) is 1.52. The van der Waals surface area contributed by atoms with E-state index in [-0.39, 0.29) is 23.8 Å². The number of rotatable bonds is 3. The minimum absolute atomic E-state index is 0.103. The molecule has 2 fully saturated rings. The van der Waals surface area contributed by atoms with Gasteiger partial charge in [0.2, 0.25) is 0 Å². The Kier molecular flexibility index (Phi) is 3.05. The molecule has 1 heterocycles. The average Bonchev–Trinajstić information content (AvgIpc) is 3.13. The Bertz CT molecular complexity index is 482. The predicted molar refractivity (Wildman–Crippen MR) is 66.3 cm³/mol. The maximum Gasteiger partial charge on any atom is 0.311 e. The number of carbonyl (C=O) groups is 2. The van der Waals surface area contributed by atoms with Crippen LogP contribution in [0.1, 0.15) is 29.6 Å². The lowest BCUT2D eigenvalue weighted by Crippen LogP contribution is -2.47. The van der Waals surface area contributed by atoms with Gasteiger partial charge in [0.05, 0.1) is 24.9 Å². The molecule has 3 rings (SSSR count). The van der Waals surface area contributed by atoms with Gasteiger partial charge in [0.1, 0.15) is 6.26 Å². The molecule has 5 nitrogen and oxygen atoms in total. The molecule has 1 amide bonds. The number of hydrogen-bond acceptors (Lipinski definition) is 4. The van der Waals surface area contributed by atoms with Gasteiger partial charge in [0.15, 0.2) is 0 Å². The summed E-state index contributed by atoms with van der Waals surface area (Å²) in [5.74, 6) is 0.168. The van der Waals surface area contributed by atoms with Crippen LogP contribution in [0.5, 0.6) is 0 Å². The first kappa shape index (κ1) is 12.3. The lowest BCUT2D eigenvalue weighted by Gasteiger charge is -2.29. The van der Waals surface area contributed by atoms with Crippen LogP contribution in [0.2, 0.25) is 0 Å². The zero-order chi connectivity index (χ0) is 13.4. The summed E-state index contributed by atoms with van der Waals surface area (Å²) in [5, 5.41) is 2.98. The zero-order valence-electron chi connectivity index (χ0n) is 10.8. The lowest BCUT2D eigenvalue weighted by molar-refractivity contribution is -0.148. The van der Waals surface area contributed by atoms with Gasteiger partial charge in [-0.2, -0.15) is 0 Å². The molecule has 5 heteroatoms. The molecule has 2 bridgehead atoms. The van der Waals surface area contributed by atoms with E-state index in [0.29, 0.717) is 17.4 Å². The van der Waals surface area contributed by atoms with Gasteiger partial charge in [-0.1, -0.05) is 0 Å². The van der Waals surface area contributed by atoms with E-state index in [1.165, 1.54) is 19.6 Å². The molecule has 0 aliphatic heterocycles. The number of ether oxygens (including phenoxy) is 1. The number of nitrogens with one attached hydrogen (secondary N) is 1. The fourth-order valence-electron chi connectivity index (χ4n) is 3.60. The van der Waals surface area contributed by atoms with E-state index in [0.717, 1.165) is 19.3 Å². The highest BCUT2D eigenvalue weighted by Gasteiger charge is 2.52. The number of carbonyl (C=O) groups excluding carboxylic acids is 2. The summed E-state index contributed by atoms with van der Waals surface area (Å²) in [5.41, 5.74) is 0.492. The molecule has 4 unspecified atom stereocenters. The van der Waals surface area contributed by atoms with Gasteiger partial charge in [-0.05, 0) is 37.2 Å². The van der Waals surface area contributed by atoms with Crippen LogP contribution < -0.4 is 5.32 Å². The maximum atomic E-state index is 12.1. The summed E-state index contributed by atoms with van der Waals surface area (Å²) in [4.78, 5) is 24.0. The van der Waals surface area contributed by atoms with Crippen molar-refractivity contribution in [3.63, 3.8) is 0 Å². The van der Waals surface area contributed by atoms with Crippen molar-refractivity contribution >= 4 is 11.9 Å². The van der Waals surface area contributed by atoms with Crippen molar-refractivity contribution in [1.82, 2.24) is 5.32 Å². The molecule has 4 atom stereocenters. The molecular formula is C14H17NO4.